The van der Waals surface area contributed by atoms with Crippen LogP contribution in [0, 0.1) is 11.3 Å². The fourth-order valence-electron chi connectivity index (χ4n) is 3.94. The molecule has 1 aliphatic heterocycles. The van der Waals surface area contributed by atoms with Crippen LogP contribution in [-0.4, -0.2) is 41.6 Å². The number of carboxylic acid groups (broad SMARTS) is 1. The Morgan fingerprint density at radius 2 is 2.40 bits per heavy atom. The molecule has 2 saturated carbocycles. The van der Waals surface area contributed by atoms with E-state index in [4.69, 9.17) is 0 Å². The molecule has 4 nitrogen and oxygen atoms in total. The second-order valence-corrected chi connectivity index (χ2v) is 4.97. The van der Waals surface area contributed by atoms with Gasteiger partial charge < -0.3 is 14.7 Å². The minimum absolute atomic E-state index is 0.253. The molecule has 0 bridgehead atoms. The molecule has 1 heterocycles. The van der Waals surface area contributed by atoms with Gasteiger partial charge in [-0.1, -0.05) is 6.42 Å². The predicted molar refractivity (Wildman–Crippen MR) is 53.9 cm³/mol. The van der Waals surface area contributed by atoms with Crippen molar-refractivity contribution >= 4 is 19.6 Å². The summed E-state index contributed by atoms with van der Waals surface area (Å²) in [5, 5.41) is 9.18. The Labute approximate surface area is 88.9 Å². The Morgan fingerprint density at radius 1 is 1.60 bits per heavy atom. The highest BCUT2D eigenvalue weighted by Gasteiger charge is 2.72. The van der Waals surface area contributed by atoms with E-state index in [9.17, 15) is 14.7 Å². The molecule has 0 amide bonds. The number of carboxylic acids is 1. The van der Waals surface area contributed by atoms with Crippen LogP contribution in [0.4, 0.5) is 0 Å². The normalized spacial score (nSPS) is 47.1. The van der Waals surface area contributed by atoms with Gasteiger partial charge in [0.25, 0.3) is 7.41 Å². The van der Waals surface area contributed by atoms with Gasteiger partial charge in [-0.3, -0.25) is 4.79 Å². The van der Waals surface area contributed by atoms with Gasteiger partial charge in [0.15, 0.2) is 0 Å². The molecule has 1 saturated heterocycles. The van der Waals surface area contributed by atoms with Crippen molar-refractivity contribution in [1.29, 1.82) is 0 Å². The zero-order valence-corrected chi connectivity index (χ0v) is 8.43. The van der Waals surface area contributed by atoms with Gasteiger partial charge in [0.2, 0.25) is 0 Å². The standard InChI is InChI=1S/C10H13BNO3/c13-5-11-12-7-2-1-3-10(7)4-6(10)8(12)9(14)15/h5-8H,1-4H2,(H,14,15)/t6?,7?,8-,10?/m0/s1. The second-order valence-electron chi connectivity index (χ2n) is 4.97. The molecule has 79 valence electrons. The molecule has 15 heavy (non-hydrogen) atoms. The Bertz CT molecular complexity index is 335. The number of hydrogen-bond acceptors (Lipinski definition) is 3. The van der Waals surface area contributed by atoms with Gasteiger partial charge >= 0.3 is 5.97 Å². The van der Waals surface area contributed by atoms with Gasteiger partial charge in [-0.05, 0) is 30.6 Å². The van der Waals surface area contributed by atoms with E-state index in [2.05, 4.69) is 0 Å². The number of aliphatic carboxylic acids is 1. The van der Waals surface area contributed by atoms with Crippen LogP contribution in [-0.2, 0) is 9.59 Å². The van der Waals surface area contributed by atoms with Crippen molar-refractivity contribution < 1.29 is 14.7 Å². The molecule has 0 aromatic heterocycles. The van der Waals surface area contributed by atoms with Crippen LogP contribution in [0.3, 0.4) is 0 Å². The zero-order chi connectivity index (χ0) is 10.6. The maximum Gasteiger partial charge on any atom is 0.320 e. The summed E-state index contributed by atoms with van der Waals surface area (Å²) in [5.74, 6) is -0.483. The number of nitrogens with zero attached hydrogens (tertiary/aromatic N) is 1. The third-order valence-corrected chi connectivity index (χ3v) is 4.51. The Morgan fingerprint density at radius 3 is 3.07 bits per heavy atom. The summed E-state index contributed by atoms with van der Waals surface area (Å²) in [6.07, 6.45) is 5.14. The zero-order valence-electron chi connectivity index (χ0n) is 8.43. The molecule has 5 heteroatoms. The lowest BCUT2D eigenvalue weighted by atomic mass is 9.88. The quantitative estimate of drug-likeness (QED) is 0.526. The van der Waals surface area contributed by atoms with E-state index in [0.717, 1.165) is 19.3 Å². The van der Waals surface area contributed by atoms with Crippen LogP contribution in [0.15, 0.2) is 0 Å². The minimum Gasteiger partial charge on any atom is -0.480 e. The maximum atomic E-state index is 11.2. The van der Waals surface area contributed by atoms with E-state index in [1.54, 1.807) is 4.81 Å². The molecule has 1 radical (unpaired) electrons. The number of carbonyl (C=O) groups is 2. The monoisotopic (exact) mass is 206 g/mol. The minimum atomic E-state index is -0.774. The molecule has 3 aliphatic rings. The van der Waals surface area contributed by atoms with Gasteiger partial charge in [0, 0.05) is 6.04 Å². The molecule has 2 aliphatic carbocycles. The van der Waals surface area contributed by atoms with Gasteiger partial charge in [0.1, 0.15) is 6.04 Å². The van der Waals surface area contributed by atoms with Crippen LogP contribution in [0.1, 0.15) is 25.7 Å². The lowest BCUT2D eigenvalue weighted by molar-refractivity contribution is -0.141. The van der Waals surface area contributed by atoms with E-state index in [-0.39, 0.29) is 5.41 Å². The lowest BCUT2D eigenvalue weighted by Crippen LogP contribution is -2.47. The molecule has 0 aromatic rings. The van der Waals surface area contributed by atoms with Crippen LogP contribution >= 0.6 is 0 Å². The van der Waals surface area contributed by atoms with Crippen molar-refractivity contribution in [2.75, 3.05) is 0 Å². The van der Waals surface area contributed by atoms with Crippen LogP contribution < -0.4 is 0 Å². The molecule has 4 atom stereocenters. The highest BCUT2D eigenvalue weighted by molar-refractivity contribution is 6.64. The van der Waals surface area contributed by atoms with E-state index in [1.165, 1.54) is 13.8 Å². The highest BCUT2D eigenvalue weighted by Crippen LogP contribution is 2.70. The molecule has 1 N–H and O–H groups in total. The number of rotatable bonds is 3. The van der Waals surface area contributed by atoms with Crippen molar-refractivity contribution in [1.82, 2.24) is 4.81 Å². The first-order valence-corrected chi connectivity index (χ1v) is 5.49. The molecular formula is C10H13BNO3. The van der Waals surface area contributed by atoms with Crippen LogP contribution in [0.2, 0.25) is 0 Å². The second kappa shape index (κ2) is 2.85. The third kappa shape index (κ3) is 1.02. The third-order valence-electron chi connectivity index (χ3n) is 4.51. The molecule has 3 rings (SSSR count). The lowest BCUT2D eigenvalue weighted by Gasteiger charge is -2.29. The number of hydrogen-bond donors (Lipinski definition) is 1. The first-order chi connectivity index (χ1) is 7.20. The molecular weight excluding hydrogens is 193 g/mol. The van der Waals surface area contributed by atoms with Crippen molar-refractivity contribution in [2.45, 2.75) is 37.8 Å². The molecule has 3 fully saturated rings. The molecule has 0 aromatic carbocycles. The van der Waals surface area contributed by atoms with Gasteiger partial charge in [-0.25, -0.2) is 0 Å². The number of piperidine rings is 1. The van der Waals surface area contributed by atoms with Gasteiger partial charge in [-0.2, -0.15) is 0 Å². The smallest absolute Gasteiger partial charge is 0.320 e. The summed E-state index contributed by atoms with van der Waals surface area (Å²) in [7, 11) is 1.43. The van der Waals surface area contributed by atoms with Crippen molar-refractivity contribution in [3.8, 4) is 0 Å². The van der Waals surface area contributed by atoms with Crippen molar-refractivity contribution in [3.05, 3.63) is 0 Å². The van der Waals surface area contributed by atoms with E-state index < -0.39 is 12.0 Å². The highest BCUT2D eigenvalue weighted by atomic mass is 16.4. The molecule has 1 spiro atoms. The largest absolute Gasteiger partial charge is 0.480 e. The van der Waals surface area contributed by atoms with Gasteiger partial charge in [0.05, 0.1) is 6.19 Å². The maximum absolute atomic E-state index is 11.2. The topological polar surface area (TPSA) is 57.6 Å². The van der Waals surface area contributed by atoms with E-state index in [1.807, 2.05) is 0 Å². The van der Waals surface area contributed by atoms with E-state index in [0.29, 0.717) is 18.1 Å². The Hall–Kier alpha value is -0.835. The summed E-state index contributed by atoms with van der Waals surface area (Å²) >= 11 is 0. The first kappa shape index (κ1) is 9.40. The van der Waals surface area contributed by atoms with E-state index >= 15 is 0 Å². The fourth-order valence-corrected chi connectivity index (χ4v) is 3.94. The summed E-state index contributed by atoms with van der Waals surface area (Å²) < 4.78 is 0. The molecule has 3 unspecified atom stereocenters. The Balaban J connectivity index is 1.91. The summed E-state index contributed by atoms with van der Waals surface area (Å²) in [4.78, 5) is 23.5. The number of carbonyl (C=O) groups excluding carboxylic acids is 1. The predicted octanol–water partition coefficient (Wildman–Crippen LogP) is 0.123. The average molecular weight is 206 g/mol. The van der Waals surface area contributed by atoms with Gasteiger partial charge in [-0.15, -0.1) is 0 Å². The first-order valence-electron chi connectivity index (χ1n) is 5.49. The van der Waals surface area contributed by atoms with Crippen molar-refractivity contribution in [3.63, 3.8) is 0 Å². The Kier molecular flexibility index (Phi) is 1.78. The SMILES string of the molecule is O=C[B]N1C2CCCC23CC3[C@H]1C(=O)O. The van der Waals surface area contributed by atoms with Crippen LogP contribution in [0.25, 0.3) is 0 Å². The summed E-state index contributed by atoms with van der Waals surface area (Å²) in [5.41, 5.74) is 0.253. The summed E-state index contributed by atoms with van der Waals surface area (Å²) in [6, 6.07) is -0.130. The fraction of sp³-hybridized carbons (Fsp3) is 0.800. The van der Waals surface area contributed by atoms with Crippen molar-refractivity contribution in [2.24, 2.45) is 11.3 Å². The average Bonchev–Trinajstić information content (AvgIpc) is 2.62. The van der Waals surface area contributed by atoms with Crippen LogP contribution in [0.5, 0.6) is 0 Å². The summed E-state index contributed by atoms with van der Waals surface area (Å²) in [6.45, 7) is 0.